The molecule has 0 aliphatic rings. The van der Waals surface area contributed by atoms with Crippen molar-refractivity contribution in [3.63, 3.8) is 0 Å². The lowest BCUT2D eigenvalue weighted by Crippen LogP contribution is -2.24. The summed E-state index contributed by atoms with van der Waals surface area (Å²) in [6.07, 6.45) is 1.58. The van der Waals surface area contributed by atoms with E-state index in [9.17, 15) is 18.0 Å². The number of rotatable bonds is 5. The van der Waals surface area contributed by atoms with Crippen molar-refractivity contribution >= 4 is 5.78 Å². The van der Waals surface area contributed by atoms with Crippen LogP contribution in [-0.4, -0.2) is 12.4 Å². The van der Waals surface area contributed by atoms with Crippen molar-refractivity contribution in [2.45, 2.75) is 12.8 Å². The van der Waals surface area contributed by atoms with Gasteiger partial charge in [0.1, 0.15) is 5.82 Å². The quantitative estimate of drug-likeness (QED) is 0.587. The average molecular weight is 244 g/mol. The van der Waals surface area contributed by atoms with Gasteiger partial charge in [-0.2, -0.15) is 8.78 Å². The van der Waals surface area contributed by atoms with Gasteiger partial charge in [-0.25, -0.2) is 4.39 Å². The number of allylic oxidation sites excluding steroid dienone is 1. The third kappa shape index (κ3) is 3.34. The third-order valence-electron chi connectivity index (χ3n) is 2.00. The van der Waals surface area contributed by atoms with Crippen LogP contribution in [0.5, 0.6) is 0 Å². The molecular formula is C12H11F3O2. The Balaban J connectivity index is 2.86. The van der Waals surface area contributed by atoms with Crippen molar-refractivity contribution in [2.24, 2.45) is 0 Å². The molecule has 0 saturated carbocycles. The lowest BCUT2D eigenvalue weighted by Gasteiger charge is -2.12. The number of alkyl halides is 2. The molecule has 0 aliphatic heterocycles. The van der Waals surface area contributed by atoms with E-state index in [4.69, 9.17) is 0 Å². The van der Waals surface area contributed by atoms with E-state index in [0.717, 1.165) is 30.5 Å². The molecule has 0 bridgehead atoms. The summed E-state index contributed by atoms with van der Waals surface area (Å²) in [4.78, 5) is 11.2. The minimum absolute atomic E-state index is 0.284. The molecule has 0 N–H and O–H groups in total. The molecule has 0 spiro atoms. The standard InChI is InChI=1S/C12H11F3O2/c1-2-17-8-7-11(16)12(14,15)9-3-5-10(13)6-4-9/h3-8H,2H2,1H3/b8-7+. The highest BCUT2D eigenvalue weighted by atomic mass is 19.3. The topological polar surface area (TPSA) is 26.3 Å². The SMILES string of the molecule is CCO/C=C/C(=O)C(F)(F)c1ccc(F)cc1. The molecule has 0 atom stereocenters. The summed E-state index contributed by atoms with van der Waals surface area (Å²) in [7, 11) is 0. The van der Waals surface area contributed by atoms with Gasteiger partial charge < -0.3 is 4.74 Å². The normalized spacial score (nSPS) is 11.8. The molecule has 0 fully saturated rings. The van der Waals surface area contributed by atoms with Crippen LogP contribution in [0.25, 0.3) is 0 Å². The molecule has 0 aromatic heterocycles. The van der Waals surface area contributed by atoms with Gasteiger partial charge >= 0.3 is 5.92 Å². The first-order valence-electron chi connectivity index (χ1n) is 4.95. The van der Waals surface area contributed by atoms with Crippen molar-refractivity contribution < 1.29 is 22.7 Å². The summed E-state index contributed by atoms with van der Waals surface area (Å²) in [5.41, 5.74) is -0.551. The maximum Gasteiger partial charge on any atom is 0.334 e. The van der Waals surface area contributed by atoms with E-state index >= 15 is 0 Å². The summed E-state index contributed by atoms with van der Waals surface area (Å²) in [6.45, 7) is 1.94. The summed E-state index contributed by atoms with van der Waals surface area (Å²) in [6, 6.07) is 3.51. The number of hydrogen-bond acceptors (Lipinski definition) is 2. The number of benzene rings is 1. The smallest absolute Gasteiger partial charge is 0.334 e. The van der Waals surface area contributed by atoms with E-state index in [1.165, 1.54) is 0 Å². The Morgan fingerprint density at radius 3 is 2.47 bits per heavy atom. The van der Waals surface area contributed by atoms with Gasteiger partial charge in [-0.3, -0.25) is 4.79 Å². The van der Waals surface area contributed by atoms with Crippen LogP contribution in [0.15, 0.2) is 36.6 Å². The fourth-order valence-electron chi connectivity index (χ4n) is 1.11. The Bertz CT molecular complexity index is 410. The van der Waals surface area contributed by atoms with Gasteiger partial charge in [0.15, 0.2) is 0 Å². The molecule has 5 heteroatoms. The maximum absolute atomic E-state index is 13.5. The van der Waals surface area contributed by atoms with Crippen LogP contribution in [0.1, 0.15) is 12.5 Å². The molecule has 0 aliphatic carbocycles. The first-order chi connectivity index (χ1) is 7.98. The van der Waals surface area contributed by atoms with Crippen LogP contribution in [-0.2, 0) is 15.5 Å². The van der Waals surface area contributed by atoms with E-state index in [1.54, 1.807) is 6.92 Å². The summed E-state index contributed by atoms with van der Waals surface area (Å²) < 4.78 is 44.3. The summed E-state index contributed by atoms with van der Waals surface area (Å²) in [5.74, 6) is -5.72. The summed E-state index contributed by atoms with van der Waals surface area (Å²) in [5, 5.41) is 0. The third-order valence-corrected chi connectivity index (χ3v) is 2.00. The van der Waals surface area contributed by atoms with Crippen molar-refractivity contribution in [3.05, 3.63) is 48.0 Å². The molecule has 0 amide bonds. The van der Waals surface area contributed by atoms with E-state index in [-0.39, 0.29) is 6.61 Å². The molecule has 17 heavy (non-hydrogen) atoms. The fourth-order valence-corrected chi connectivity index (χ4v) is 1.11. The predicted octanol–water partition coefficient (Wildman–Crippen LogP) is 3.04. The Hall–Kier alpha value is -1.78. The van der Waals surface area contributed by atoms with Crippen LogP contribution in [0, 0.1) is 5.82 Å². The van der Waals surface area contributed by atoms with Crippen molar-refractivity contribution in [1.29, 1.82) is 0 Å². The molecule has 1 aromatic carbocycles. The number of hydrogen-bond donors (Lipinski definition) is 0. The van der Waals surface area contributed by atoms with Crippen molar-refractivity contribution in [2.75, 3.05) is 6.61 Å². The van der Waals surface area contributed by atoms with Gasteiger partial charge in [0.05, 0.1) is 12.9 Å². The average Bonchev–Trinajstić information content (AvgIpc) is 2.29. The Labute approximate surface area is 96.7 Å². The van der Waals surface area contributed by atoms with Gasteiger partial charge in [0.2, 0.25) is 5.78 Å². The first kappa shape index (κ1) is 13.3. The zero-order valence-corrected chi connectivity index (χ0v) is 9.12. The minimum atomic E-state index is -3.68. The van der Waals surface area contributed by atoms with Crippen LogP contribution in [0.2, 0.25) is 0 Å². The van der Waals surface area contributed by atoms with Crippen molar-refractivity contribution in [3.8, 4) is 0 Å². The molecule has 0 heterocycles. The Morgan fingerprint density at radius 2 is 1.94 bits per heavy atom. The highest BCUT2D eigenvalue weighted by molar-refractivity contribution is 5.96. The maximum atomic E-state index is 13.5. The largest absolute Gasteiger partial charge is 0.501 e. The Kier molecular flexibility index (Phi) is 4.31. The van der Waals surface area contributed by atoms with Gasteiger partial charge in [-0.15, -0.1) is 0 Å². The second-order valence-electron chi connectivity index (χ2n) is 3.20. The van der Waals surface area contributed by atoms with Gasteiger partial charge in [-0.1, -0.05) is 0 Å². The zero-order valence-electron chi connectivity index (χ0n) is 9.12. The molecule has 0 unspecified atom stereocenters. The second-order valence-corrected chi connectivity index (χ2v) is 3.20. The molecule has 1 rings (SSSR count). The lowest BCUT2D eigenvalue weighted by atomic mass is 10.0. The minimum Gasteiger partial charge on any atom is -0.501 e. The highest BCUT2D eigenvalue weighted by Crippen LogP contribution is 2.29. The van der Waals surface area contributed by atoms with Crippen LogP contribution >= 0.6 is 0 Å². The highest BCUT2D eigenvalue weighted by Gasteiger charge is 2.38. The van der Waals surface area contributed by atoms with Crippen LogP contribution < -0.4 is 0 Å². The van der Waals surface area contributed by atoms with E-state index in [1.807, 2.05) is 0 Å². The summed E-state index contributed by atoms with van der Waals surface area (Å²) >= 11 is 0. The molecule has 1 aromatic rings. The molecule has 2 nitrogen and oxygen atoms in total. The molecule has 92 valence electrons. The number of halogens is 3. The number of ketones is 1. The van der Waals surface area contributed by atoms with E-state index in [2.05, 4.69) is 4.74 Å². The van der Waals surface area contributed by atoms with Gasteiger partial charge in [-0.05, 0) is 31.2 Å². The zero-order chi connectivity index (χ0) is 12.9. The van der Waals surface area contributed by atoms with Crippen LogP contribution in [0.4, 0.5) is 13.2 Å². The van der Waals surface area contributed by atoms with E-state index < -0.39 is 23.1 Å². The Morgan fingerprint density at radius 1 is 1.35 bits per heavy atom. The molecular weight excluding hydrogens is 233 g/mol. The number of carbonyl (C=O) groups excluding carboxylic acids is 1. The molecule has 0 saturated heterocycles. The van der Waals surface area contributed by atoms with Crippen molar-refractivity contribution in [1.82, 2.24) is 0 Å². The number of carbonyl (C=O) groups is 1. The fraction of sp³-hybridized carbons (Fsp3) is 0.250. The monoisotopic (exact) mass is 244 g/mol. The predicted molar refractivity (Wildman–Crippen MR) is 56.1 cm³/mol. The molecule has 0 radical (unpaired) electrons. The van der Waals surface area contributed by atoms with E-state index in [0.29, 0.717) is 6.08 Å². The van der Waals surface area contributed by atoms with Gasteiger partial charge in [0.25, 0.3) is 0 Å². The van der Waals surface area contributed by atoms with Crippen LogP contribution in [0.3, 0.4) is 0 Å². The first-order valence-corrected chi connectivity index (χ1v) is 4.95. The lowest BCUT2D eigenvalue weighted by molar-refractivity contribution is -0.139. The second kappa shape index (κ2) is 5.52. The number of ether oxygens (including phenoxy) is 1. The van der Waals surface area contributed by atoms with Gasteiger partial charge in [0, 0.05) is 11.6 Å².